The molecule has 0 saturated carbocycles. The predicted molar refractivity (Wildman–Crippen MR) is 122 cm³/mol. The number of benzene rings is 2. The topological polar surface area (TPSA) is 89.7 Å². The second kappa shape index (κ2) is 8.44. The first-order chi connectivity index (χ1) is 15.4. The number of ether oxygens (including phenoxy) is 1. The SMILES string of the molecule is CC(C)(C)OC(=O)N1CCC(c2nc3cc(-c4ccc(S(C)(=O)=O)c(F)c4)ccc3o2)CC1. The van der Waals surface area contributed by atoms with Crippen molar-refractivity contribution in [1.29, 1.82) is 0 Å². The largest absolute Gasteiger partial charge is 0.444 e. The Morgan fingerprint density at radius 3 is 2.36 bits per heavy atom. The zero-order valence-corrected chi connectivity index (χ0v) is 19.9. The summed E-state index contributed by atoms with van der Waals surface area (Å²) in [5.74, 6) is -0.0803. The number of halogens is 1. The highest BCUT2D eigenvalue weighted by molar-refractivity contribution is 7.90. The Hall–Kier alpha value is -2.94. The second-order valence-electron chi connectivity index (χ2n) is 9.39. The highest BCUT2D eigenvalue weighted by Gasteiger charge is 2.29. The van der Waals surface area contributed by atoms with Crippen LogP contribution in [0, 0.1) is 5.82 Å². The van der Waals surface area contributed by atoms with E-state index in [2.05, 4.69) is 4.98 Å². The molecule has 0 bridgehead atoms. The van der Waals surface area contributed by atoms with Crippen molar-refractivity contribution in [2.24, 2.45) is 0 Å². The number of fused-ring (bicyclic) bond motifs is 1. The number of rotatable bonds is 3. The lowest BCUT2D eigenvalue weighted by atomic mass is 9.97. The summed E-state index contributed by atoms with van der Waals surface area (Å²) in [4.78, 5) is 18.3. The first-order valence-corrected chi connectivity index (χ1v) is 12.7. The zero-order valence-electron chi connectivity index (χ0n) is 19.1. The second-order valence-corrected chi connectivity index (χ2v) is 11.4. The number of carbonyl (C=O) groups is 1. The lowest BCUT2D eigenvalue weighted by Crippen LogP contribution is -2.41. The molecular formula is C24H27FN2O5S. The average molecular weight is 475 g/mol. The summed E-state index contributed by atoms with van der Waals surface area (Å²) in [5.41, 5.74) is 2.00. The maximum Gasteiger partial charge on any atom is 0.410 e. The van der Waals surface area contributed by atoms with E-state index < -0.39 is 21.3 Å². The molecule has 2 heterocycles. The average Bonchev–Trinajstić information content (AvgIpc) is 3.15. The van der Waals surface area contributed by atoms with E-state index in [1.807, 2.05) is 20.8 Å². The molecule has 33 heavy (non-hydrogen) atoms. The Morgan fingerprint density at radius 1 is 1.12 bits per heavy atom. The Kier molecular flexibility index (Phi) is 5.94. The van der Waals surface area contributed by atoms with Crippen molar-refractivity contribution in [3.05, 3.63) is 48.1 Å². The van der Waals surface area contributed by atoms with Crippen LogP contribution in [0.4, 0.5) is 9.18 Å². The van der Waals surface area contributed by atoms with Crippen LogP contribution in [-0.4, -0.2) is 49.3 Å². The number of aromatic nitrogens is 1. The zero-order chi connectivity index (χ0) is 24.0. The number of piperidine rings is 1. The summed E-state index contributed by atoms with van der Waals surface area (Å²) < 4.78 is 49.0. The van der Waals surface area contributed by atoms with Crippen molar-refractivity contribution in [3.63, 3.8) is 0 Å². The standard InChI is InChI=1S/C24H27FN2O5S/c1-24(2,3)32-23(28)27-11-9-15(10-12-27)22-26-19-14-17(5-7-20(19)31-22)16-6-8-21(18(25)13-16)33(4,29)30/h5-8,13-15H,9-12H2,1-4H3. The van der Waals surface area contributed by atoms with E-state index in [9.17, 15) is 17.6 Å². The summed E-state index contributed by atoms with van der Waals surface area (Å²) in [5, 5.41) is 0. The molecule has 2 aromatic carbocycles. The Labute approximate surface area is 192 Å². The van der Waals surface area contributed by atoms with E-state index in [-0.39, 0.29) is 16.9 Å². The van der Waals surface area contributed by atoms with Crippen LogP contribution in [-0.2, 0) is 14.6 Å². The van der Waals surface area contributed by atoms with Gasteiger partial charge in [-0.3, -0.25) is 0 Å². The molecule has 176 valence electrons. The molecule has 9 heteroatoms. The highest BCUT2D eigenvalue weighted by atomic mass is 32.2. The fourth-order valence-corrected chi connectivity index (χ4v) is 4.64. The van der Waals surface area contributed by atoms with Crippen LogP contribution < -0.4 is 0 Å². The normalized spacial score (nSPS) is 15.7. The first kappa shape index (κ1) is 23.2. The first-order valence-electron chi connectivity index (χ1n) is 10.8. The van der Waals surface area contributed by atoms with Crippen LogP contribution >= 0.6 is 0 Å². The summed E-state index contributed by atoms with van der Waals surface area (Å²) in [6, 6.07) is 9.43. The number of likely N-dealkylation sites (tertiary alicyclic amines) is 1. The maximum atomic E-state index is 14.3. The van der Waals surface area contributed by atoms with Gasteiger partial charge in [0.25, 0.3) is 0 Å². The minimum atomic E-state index is -3.63. The van der Waals surface area contributed by atoms with Crippen LogP contribution in [0.25, 0.3) is 22.2 Å². The van der Waals surface area contributed by atoms with Crippen molar-refractivity contribution < 1.29 is 26.8 Å². The molecule has 1 fully saturated rings. The van der Waals surface area contributed by atoms with E-state index in [1.54, 1.807) is 29.2 Å². The monoisotopic (exact) mass is 474 g/mol. The van der Waals surface area contributed by atoms with Crippen LogP contribution in [0.1, 0.15) is 45.4 Å². The minimum Gasteiger partial charge on any atom is -0.444 e. The molecule has 7 nitrogen and oxygen atoms in total. The highest BCUT2D eigenvalue weighted by Crippen LogP contribution is 2.32. The maximum absolute atomic E-state index is 14.3. The van der Waals surface area contributed by atoms with Gasteiger partial charge < -0.3 is 14.1 Å². The van der Waals surface area contributed by atoms with Gasteiger partial charge in [-0.25, -0.2) is 22.6 Å². The number of sulfone groups is 1. The van der Waals surface area contributed by atoms with Gasteiger partial charge in [-0.05, 0) is 69.0 Å². The molecule has 0 unspecified atom stereocenters. The fourth-order valence-electron chi connectivity index (χ4n) is 3.92. The molecule has 3 aromatic rings. The number of carbonyl (C=O) groups excluding carboxylic acids is 1. The Bertz CT molecular complexity index is 1300. The van der Waals surface area contributed by atoms with Gasteiger partial charge in [0.05, 0.1) is 0 Å². The minimum absolute atomic E-state index is 0.0889. The van der Waals surface area contributed by atoms with E-state index in [4.69, 9.17) is 9.15 Å². The number of nitrogens with zero attached hydrogens (tertiary/aromatic N) is 2. The van der Waals surface area contributed by atoms with E-state index in [0.29, 0.717) is 41.2 Å². The molecule has 0 aliphatic carbocycles. The molecular weight excluding hydrogens is 447 g/mol. The molecule has 1 aromatic heterocycles. The molecule has 1 aliphatic rings. The summed E-state index contributed by atoms with van der Waals surface area (Å²) in [7, 11) is -3.63. The Balaban J connectivity index is 1.50. The number of amides is 1. The van der Waals surface area contributed by atoms with Gasteiger partial charge in [-0.2, -0.15) is 0 Å². The fraction of sp³-hybridized carbons (Fsp3) is 0.417. The van der Waals surface area contributed by atoms with Crippen LogP contribution in [0.5, 0.6) is 0 Å². The van der Waals surface area contributed by atoms with Crippen molar-refractivity contribution in [2.45, 2.75) is 50.0 Å². The molecule has 0 atom stereocenters. The van der Waals surface area contributed by atoms with Crippen molar-refractivity contribution in [3.8, 4) is 11.1 Å². The van der Waals surface area contributed by atoms with Gasteiger partial charge in [0.2, 0.25) is 0 Å². The lowest BCUT2D eigenvalue weighted by Gasteiger charge is -2.32. The third-order valence-electron chi connectivity index (χ3n) is 5.56. The Morgan fingerprint density at radius 2 is 1.76 bits per heavy atom. The van der Waals surface area contributed by atoms with Gasteiger partial charge in [-0.1, -0.05) is 12.1 Å². The van der Waals surface area contributed by atoms with Crippen molar-refractivity contribution >= 4 is 27.0 Å². The van der Waals surface area contributed by atoms with Crippen LogP contribution in [0.2, 0.25) is 0 Å². The summed E-state index contributed by atoms with van der Waals surface area (Å²) >= 11 is 0. The number of oxazole rings is 1. The molecule has 1 amide bonds. The van der Waals surface area contributed by atoms with Crippen LogP contribution in [0.3, 0.4) is 0 Å². The predicted octanol–water partition coefficient (Wildman–Crippen LogP) is 5.15. The summed E-state index contributed by atoms with van der Waals surface area (Å²) in [6.07, 6.45) is 2.11. The van der Waals surface area contributed by atoms with E-state index in [0.717, 1.165) is 19.1 Å². The van der Waals surface area contributed by atoms with Gasteiger partial charge in [-0.15, -0.1) is 0 Å². The molecule has 0 radical (unpaired) electrons. The molecule has 1 saturated heterocycles. The van der Waals surface area contributed by atoms with Gasteiger partial charge in [0, 0.05) is 25.3 Å². The van der Waals surface area contributed by atoms with E-state index in [1.165, 1.54) is 12.1 Å². The molecule has 1 aliphatic heterocycles. The van der Waals surface area contributed by atoms with Crippen LogP contribution in [0.15, 0.2) is 45.7 Å². The van der Waals surface area contributed by atoms with E-state index >= 15 is 0 Å². The smallest absolute Gasteiger partial charge is 0.410 e. The van der Waals surface area contributed by atoms with Crippen molar-refractivity contribution in [2.75, 3.05) is 19.3 Å². The van der Waals surface area contributed by atoms with Gasteiger partial charge >= 0.3 is 6.09 Å². The number of hydrogen-bond donors (Lipinski definition) is 0. The molecule has 0 N–H and O–H groups in total. The van der Waals surface area contributed by atoms with Gasteiger partial charge in [0.1, 0.15) is 21.8 Å². The third-order valence-corrected chi connectivity index (χ3v) is 6.69. The van der Waals surface area contributed by atoms with Crippen molar-refractivity contribution in [1.82, 2.24) is 9.88 Å². The van der Waals surface area contributed by atoms with Gasteiger partial charge in [0.15, 0.2) is 21.3 Å². The summed E-state index contributed by atoms with van der Waals surface area (Å²) in [6.45, 7) is 6.67. The number of hydrogen-bond acceptors (Lipinski definition) is 6. The quantitative estimate of drug-likeness (QED) is 0.521. The molecule has 4 rings (SSSR count). The third kappa shape index (κ3) is 5.19. The molecule has 0 spiro atoms. The lowest BCUT2D eigenvalue weighted by molar-refractivity contribution is 0.0199.